The summed E-state index contributed by atoms with van der Waals surface area (Å²) in [5, 5.41) is 24.0. The molecule has 2 atom stereocenters. The predicted octanol–water partition coefficient (Wildman–Crippen LogP) is 4.50. The number of carbonyl (C=O) groups excluding carboxylic acids is 1. The average Bonchev–Trinajstić information content (AvgIpc) is 3.37. The highest BCUT2D eigenvalue weighted by Crippen LogP contribution is 2.45. The van der Waals surface area contributed by atoms with E-state index in [0.29, 0.717) is 46.3 Å². The summed E-state index contributed by atoms with van der Waals surface area (Å²) in [4.78, 5) is 27.0. The van der Waals surface area contributed by atoms with Crippen LogP contribution < -0.4 is 14.4 Å². The van der Waals surface area contributed by atoms with Crippen molar-refractivity contribution >= 4 is 29.2 Å². The molecule has 1 amide bonds. The van der Waals surface area contributed by atoms with Crippen LogP contribution in [0.4, 0.5) is 5.69 Å². The number of methoxy groups -OCH3 is 2. The highest BCUT2D eigenvalue weighted by Gasteiger charge is 2.39. The third kappa shape index (κ3) is 6.83. The molecule has 2 aromatic carbocycles. The molecule has 11 heteroatoms. The number of hydrogen-bond donors (Lipinski definition) is 2. The number of carboxylic acid groups (broad SMARTS) is 1. The Kier molecular flexibility index (Phi) is 9.57. The largest absolute Gasteiger partial charge is 0.493 e. The summed E-state index contributed by atoms with van der Waals surface area (Å²) in [5.41, 5.74) is 2.12. The highest BCUT2D eigenvalue weighted by atomic mass is 35.5. The van der Waals surface area contributed by atoms with Gasteiger partial charge in [-0.05, 0) is 36.8 Å². The van der Waals surface area contributed by atoms with E-state index in [1.807, 2.05) is 26.0 Å². The number of nitrogens with zero attached hydrogens (tertiary/aromatic N) is 3. The van der Waals surface area contributed by atoms with Crippen molar-refractivity contribution in [3.63, 3.8) is 0 Å². The SMILES string of the molecule is COc1cccc(C2OC(CCn3nccc3CCC(=O)O)C(=O)N(CC(C)(C)CO)c3ccc(Cl)cc32)c1OC. The predicted molar refractivity (Wildman–Crippen MR) is 154 cm³/mol. The van der Waals surface area contributed by atoms with Crippen LogP contribution in [0.25, 0.3) is 0 Å². The standard InChI is InChI=1S/C30H36ClN3O7/c1-30(2,18-35)17-33-23-10-8-19(31)16-22(23)27(21-6-5-7-24(39-3)28(21)40-4)41-25(29(33)38)13-15-34-20(12-14-32-34)9-11-26(36)37/h5-8,10,12,14,16,25,27,35H,9,11,13,15,17-18H2,1-4H3,(H,36,37). The Morgan fingerprint density at radius 2 is 1.93 bits per heavy atom. The maximum absolute atomic E-state index is 14.2. The number of para-hydroxylation sites is 1. The van der Waals surface area contributed by atoms with Gasteiger partial charge in [0.1, 0.15) is 12.2 Å². The number of aliphatic hydroxyl groups excluding tert-OH is 1. The number of fused-ring (bicyclic) bond motifs is 1. The summed E-state index contributed by atoms with van der Waals surface area (Å²) < 4.78 is 19.7. The minimum atomic E-state index is -0.909. The van der Waals surface area contributed by atoms with Crippen molar-refractivity contribution in [1.82, 2.24) is 9.78 Å². The first kappa shape index (κ1) is 30.4. The lowest BCUT2D eigenvalue weighted by Gasteiger charge is -2.32. The minimum absolute atomic E-state index is 0.0254. The van der Waals surface area contributed by atoms with Gasteiger partial charge in [-0.15, -0.1) is 0 Å². The second-order valence-electron chi connectivity index (χ2n) is 10.8. The molecule has 41 heavy (non-hydrogen) atoms. The van der Waals surface area contributed by atoms with Crippen LogP contribution in [0, 0.1) is 5.41 Å². The molecule has 1 aliphatic heterocycles. The molecule has 1 aromatic heterocycles. The fraction of sp³-hybridized carbons (Fsp3) is 0.433. The molecule has 10 nitrogen and oxygen atoms in total. The molecule has 4 rings (SSSR count). The van der Waals surface area contributed by atoms with Gasteiger partial charge in [-0.3, -0.25) is 14.3 Å². The van der Waals surface area contributed by atoms with Gasteiger partial charge in [-0.25, -0.2) is 0 Å². The molecule has 2 N–H and O–H groups in total. The van der Waals surface area contributed by atoms with Crippen molar-refractivity contribution in [2.24, 2.45) is 5.41 Å². The quantitative estimate of drug-likeness (QED) is 0.318. The van der Waals surface area contributed by atoms with Crippen LogP contribution in [0.15, 0.2) is 48.7 Å². The number of carboxylic acids is 1. The highest BCUT2D eigenvalue weighted by molar-refractivity contribution is 6.30. The van der Waals surface area contributed by atoms with Crippen LogP contribution >= 0.6 is 11.6 Å². The Morgan fingerprint density at radius 3 is 2.61 bits per heavy atom. The monoisotopic (exact) mass is 585 g/mol. The van der Waals surface area contributed by atoms with E-state index in [2.05, 4.69) is 5.10 Å². The van der Waals surface area contributed by atoms with Gasteiger partial charge in [0.25, 0.3) is 5.91 Å². The van der Waals surface area contributed by atoms with Gasteiger partial charge in [-0.1, -0.05) is 37.6 Å². The number of ether oxygens (including phenoxy) is 3. The molecular formula is C30H36ClN3O7. The zero-order valence-corrected chi connectivity index (χ0v) is 24.4. The maximum atomic E-state index is 14.2. The second-order valence-corrected chi connectivity index (χ2v) is 11.2. The van der Waals surface area contributed by atoms with Crippen molar-refractivity contribution in [1.29, 1.82) is 0 Å². The number of carbonyl (C=O) groups is 2. The number of amides is 1. The summed E-state index contributed by atoms with van der Waals surface area (Å²) in [6.45, 7) is 4.22. The third-order valence-corrected chi connectivity index (χ3v) is 7.37. The van der Waals surface area contributed by atoms with E-state index in [-0.39, 0.29) is 31.9 Å². The van der Waals surface area contributed by atoms with Gasteiger partial charge in [0.05, 0.1) is 20.6 Å². The summed E-state index contributed by atoms with van der Waals surface area (Å²) in [5.74, 6) is -0.168. The van der Waals surface area contributed by atoms with Crippen molar-refractivity contribution in [2.45, 2.75) is 51.9 Å². The topological polar surface area (TPSA) is 123 Å². The number of rotatable bonds is 12. The lowest BCUT2D eigenvalue weighted by molar-refractivity contribution is -0.137. The number of aryl methyl sites for hydroxylation is 2. The Bertz CT molecular complexity index is 1390. The normalized spacial score (nSPS) is 17.2. The smallest absolute Gasteiger partial charge is 0.303 e. The minimum Gasteiger partial charge on any atom is -0.493 e. The van der Waals surface area contributed by atoms with Crippen LogP contribution in [0.1, 0.15) is 49.6 Å². The van der Waals surface area contributed by atoms with Gasteiger partial charge in [0.2, 0.25) is 0 Å². The van der Waals surface area contributed by atoms with Gasteiger partial charge in [-0.2, -0.15) is 5.10 Å². The Balaban J connectivity index is 1.79. The van der Waals surface area contributed by atoms with Crippen LogP contribution in [0.5, 0.6) is 11.5 Å². The average molecular weight is 586 g/mol. The van der Waals surface area contributed by atoms with Crippen LogP contribution in [0.3, 0.4) is 0 Å². The molecule has 2 heterocycles. The number of hydrogen-bond acceptors (Lipinski definition) is 7. The van der Waals surface area contributed by atoms with E-state index in [9.17, 15) is 14.7 Å². The third-order valence-electron chi connectivity index (χ3n) is 7.14. The molecule has 0 aliphatic carbocycles. The van der Waals surface area contributed by atoms with E-state index >= 15 is 0 Å². The molecule has 2 unspecified atom stereocenters. The van der Waals surface area contributed by atoms with E-state index < -0.39 is 23.6 Å². The summed E-state index contributed by atoms with van der Waals surface area (Å²) in [6.07, 6.45) is 0.523. The number of benzene rings is 2. The van der Waals surface area contributed by atoms with Crippen LogP contribution in [-0.4, -0.2) is 65.3 Å². The number of anilines is 1. The fourth-order valence-corrected chi connectivity index (χ4v) is 5.19. The molecule has 0 fully saturated rings. The first-order valence-electron chi connectivity index (χ1n) is 13.4. The fourth-order valence-electron chi connectivity index (χ4n) is 5.01. The maximum Gasteiger partial charge on any atom is 0.303 e. The van der Waals surface area contributed by atoms with Crippen molar-refractivity contribution < 1.29 is 34.0 Å². The van der Waals surface area contributed by atoms with Crippen molar-refractivity contribution in [3.8, 4) is 11.5 Å². The Hall–Kier alpha value is -3.60. The molecule has 220 valence electrons. The summed E-state index contributed by atoms with van der Waals surface area (Å²) >= 11 is 6.49. The molecule has 0 bridgehead atoms. The van der Waals surface area contributed by atoms with E-state index in [1.165, 1.54) is 0 Å². The van der Waals surface area contributed by atoms with E-state index in [4.69, 9.17) is 30.9 Å². The molecular weight excluding hydrogens is 550 g/mol. The Labute approximate surface area is 244 Å². The number of aliphatic hydroxyl groups is 1. The van der Waals surface area contributed by atoms with Gasteiger partial charge < -0.3 is 29.3 Å². The number of aliphatic carboxylic acids is 1. The number of halogens is 1. The molecule has 0 radical (unpaired) electrons. The summed E-state index contributed by atoms with van der Waals surface area (Å²) in [7, 11) is 3.10. The summed E-state index contributed by atoms with van der Waals surface area (Å²) in [6, 6.07) is 12.6. The van der Waals surface area contributed by atoms with Crippen molar-refractivity contribution in [2.75, 3.05) is 32.3 Å². The van der Waals surface area contributed by atoms with Crippen molar-refractivity contribution in [3.05, 3.63) is 70.5 Å². The van der Waals surface area contributed by atoms with Gasteiger partial charge in [0.15, 0.2) is 11.5 Å². The first-order valence-corrected chi connectivity index (χ1v) is 13.8. The zero-order valence-electron chi connectivity index (χ0n) is 23.7. The molecule has 0 saturated carbocycles. The zero-order chi connectivity index (χ0) is 29.7. The van der Waals surface area contributed by atoms with Gasteiger partial charge in [0, 0.05) is 65.3 Å². The molecule has 0 saturated heterocycles. The lowest BCUT2D eigenvalue weighted by Crippen LogP contribution is -2.45. The van der Waals surface area contributed by atoms with Crippen LogP contribution in [-0.2, 0) is 27.3 Å². The van der Waals surface area contributed by atoms with E-state index in [1.54, 1.807) is 60.3 Å². The Morgan fingerprint density at radius 1 is 1.15 bits per heavy atom. The lowest BCUT2D eigenvalue weighted by atomic mass is 9.92. The van der Waals surface area contributed by atoms with Crippen LogP contribution in [0.2, 0.25) is 5.02 Å². The number of aromatic nitrogens is 2. The molecule has 1 aliphatic rings. The first-order chi connectivity index (χ1) is 19.6. The second kappa shape index (κ2) is 12.9. The van der Waals surface area contributed by atoms with Gasteiger partial charge >= 0.3 is 5.97 Å². The molecule has 0 spiro atoms. The van der Waals surface area contributed by atoms with E-state index in [0.717, 1.165) is 5.69 Å². The molecule has 3 aromatic rings.